The zero-order chi connectivity index (χ0) is 11.6. The van der Waals surface area contributed by atoms with Crippen molar-refractivity contribution >= 4 is 0 Å². The molecule has 0 aliphatic heterocycles. The molecule has 0 unspecified atom stereocenters. The van der Waals surface area contributed by atoms with Crippen molar-refractivity contribution in [2.45, 2.75) is 41.5 Å². The number of hydrogen-bond donors (Lipinski definition) is 0. The number of benzene rings is 1. The summed E-state index contributed by atoms with van der Waals surface area (Å²) < 4.78 is 0. The van der Waals surface area contributed by atoms with Crippen LogP contribution in [0.1, 0.15) is 43.0 Å². The monoisotopic (exact) mass is 200 g/mol. The van der Waals surface area contributed by atoms with Gasteiger partial charge in [-0.3, -0.25) is 0 Å². The zero-order valence-electron chi connectivity index (χ0n) is 10.7. The molecule has 0 amide bonds. The zero-order valence-corrected chi connectivity index (χ0v) is 10.7. The van der Waals surface area contributed by atoms with Gasteiger partial charge in [0.25, 0.3) is 0 Å². The minimum absolute atomic E-state index is 0.0732. The van der Waals surface area contributed by atoms with E-state index in [1.165, 1.54) is 22.3 Å². The molecule has 0 aromatic heterocycles. The van der Waals surface area contributed by atoms with Crippen molar-refractivity contribution in [2.24, 2.45) is 5.41 Å². The predicted octanol–water partition coefficient (Wildman–Crippen LogP) is 4.01. The molecule has 80 valence electrons. The summed E-state index contributed by atoms with van der Waals surface area (Å²) in [5.74, 6) is 6.59. The van der Waals surface area contributed by atoms with Gasteiger partial charge in [0.05, 0.1) is 0 Å². The Morgan fingerprint density at radius 2 is 1.40 bits per heavy atom. The fourth-order valence-corrected chi connectivity index (χ4v) is 1.63. The molecule has 0 fully saturated rings. The van der Waals surface area contributed by atoms with E-state index < -0.39 is 0 Å². The molecule has 0 N–H and O–H groups in total. The summed E-state index contributed by atoms with van der Waals surface area (Å²) in [4.78, 5) is 0. The van der Waals surface area contributed by atoms with Crippen molar-refractivity contribution in [3.05, 3.63) is 34.4 Å². The highest BCUT2D eigenvalue weighted by atomic mass is 14.1. The molecule has 0 aliphatic carbocycles. The van der Waals surface area contributed by atoms with E-state index in [0.717, 1.165) is 0 Å². The normalized spacial score (nSPS) is 10.8. The second-order valence-electron chi connectivity index (χ2n) is 5.27. The molecule has 0 aliphatic rings. The second-order valence-corrected chi connectivity index (χ2v) is 5.27. The molecule has 0 saturated heterocycles. The first-order valence-corrected chi connectivity index (χ1v) is 5.40. The molecule has 0 bridgehead atoms. The van der Waals surface area contributed by atoms with Gasteiger partial charge in [-0.1, -0.05) is 29.5 Å². The first-order chi connectivity index (χ1) is 6.79. The third kappa shape index (κ3) is 3.44. The van der Waals surface area contributed by atoms with Crippen LogP contribution in [0.4, 0.5) is 0 Å². The van der Waals surface area contributed by atoms with E-state index in [2.05, 4.69) is 65.5 Å². The van der Waals surface area contributed by atoms with Crippen molar-refractivity contribution < 1.29 is 0 Å². The summed E-state index contributed by atoms with van der Waals surface area (Å²) in [5.41, 5.74) is 5.14. The third-order valence-electron chi connectivity index (χ3n) is 2.24. The van der Waals surface area contributed by atoms with Gasteiger partial charge in [-0.15, -0.1) is 0 Å². The first kappa shape index (κ1) is 11.9. The lowest BCUT2D eigenvalue weighted by molar-refractivity contribution is 0.571. The summed E-state index contributed by atoms with van der Waals surface area (Å²) in [5, 5.41) is 0. The van der Waals surface area contributed by atoms with Crippen LogP contribution in [0, 0.1) is 38.0 Å². The smallest absolute Gasteiger partial charge is 0.0304 e. The Balaban J connectivity index is 3.20. The summed E-state index contributed by atoms with van der Waals surface area (Å²) in [7, 11) is 0. The molecule has 1 rings (SSSR count). The van der Waals surface area contributed by atoms with Crippen molar-refractivity contribution in [1.82, 2.24) is 0 Å². The van der Waals surface area contributed by atoms with Gasteiger partial charge < -0.3 is 0 Å². The van der Waals surface area contributed by atoms with Gasteiger partial charge in [-0.2, -0.15) is 0 Å². The van der Waals surface area contributed by atoms with E-state index in [1.54, 1.807) is 0 Å². The van der Waals surface area contributed by atoms with Crippen LogP contribution in [0.25, 0.3) is 0 Å². The Morgan fingerprint density at radius 1 is 0.933 bits per heavy atom. The van der Waals surface area contributed by atoms with Gasteiger partial charge >= 0.3 is 0 Å². The van der Waals surface area contributed by atoms with Crippen LogP contribution >= 0.6 is 0 Å². The molecule has 0 heteroatoms. The fourth-order valence-electron chi connectivity index (χ4n) is 1.63. The largest absolute Gasteiger partial charge is 0.0919 e. The van der Waals surface area contributed by atoms with E-state index in [4.69, 9.17) is 0 Å². The SMILES string of the molecule is Cc1cc(C)c(C#CC(C)(C)C)c(C)c1. The van der Waals surface area contributed by atoms with Gasteiger partial charge in [0.2, 0.25) is 0 Å². The summed E-state index contributed by atoms with van der Waals surface area (Å²) in [6, 6.07) is 4.39. The molecular weight excluding hydrogens is 180 g/mol. The maximum Gasteiger partial charge on any atom is 0.0304 e. The lowest BCUT2D eigenvalue weighted by Crippen LogP contribution is -2.00. The van der Waals surface area contributed by atoms with Gasteiger partial charge in [0.1, 0.15) is 0 Å². The summed E-state index contributed by atoms with van der Waals surface area (Å²) in [6.07, 6.45) is 0. The second kappa shape index (κ2) is 4.11. The van der Waals surface area contributed by atoms with Gasteiger partial charge in [0.15, 0.2) is 0 Å². The highest BCUT2D eigenvalue weighted by Gasteiger charge is 2.05. The molecule has 1 aromatic rings. The quantitative estimate of drug-likeness (QED) is 0.555. The maximum absolute atomic E-state index is 3.30. The molecule has 0 radical (unpaired) electrons. The molecule has 0 saturated carbocycles. The van der Waals surface area contributed by atoms with Crippen LogP contribution in [0.3, 0.4) is 0 Å². The minimum atomic E-state index is 0.0732. The highest BCUT2D eigenvalue weighted by Crippen LogP contribution is 2.17. The minimum Gasteiger partial charge on any atom is -0.0919 e. The predicted molar refractivity (Wildman–Crippen MR) is 67.0 cm³/mol. The summed E-state index contributed by atoms with van der Waals surface area (Å²) >= 11 is 0. The Labute approximate surface area is 93.7 Å². The van der Waals surface area contributed by atoms with Crippen molar-refractivity contribution in [2.75, 3.05) is 0 Å². The first-order valence-electron chi connectivity index (χ1n) is 5.40. The summed E-state index contributed by atoms with van der Waals surface area (Å²) in [6.45, 7) is 12.8. The van der Waals surface area contributed by atoms with E-state index in [1.807, 2.05) is 0 Å². The van der Waals surface area contributed by atoms with Crippen LogP contribution in [-0.4, -0.2) is 0 Å². The molecule has 0 spiro atoms. The van der Waals surface area contributed by atoms with E-state index in [9.17, 15) is 0 Å². The standard InChI is InChI=1S/C15H20/c1-11-9-12(2)14(13(3)10-11)7-8-15(4,5)6/h9-10H,1-6H3. The molecular formula is C15H20. The van der Waals surface area contributed by atoms with Crippen LogP contribution in [0.15, 0.2) is 12.1 Å². The van der Waals surface area contributed by atoms with E-state index in [-0.39, 0.29) is 5.41 Å². The van der Waals surface area contributed by atoms with Crippen molar-refractivity contribution in [3.63, 3.8) is 0 Å². The van der Waals surface area contributed by atoms with Crippen molar-refractivity contribution in [3.8, 4) is 11.8 Å². The molecule has 0 nitrogen and oxygen atoms in total. The molecule has 1 aromatic carbocycles. The Morgan fingerprint density at radius 3 is 1.80 bits per heavy atom. The van der Waals surface area contributed by atoms with Gasteiger partial charge in [-0.05, 0) is 52.7 Å². The van der Waals surface area contributed by atoms with E-state index >= 15 is 0 Å². The Bertz CT molecular complexity index is 397. The Kier molecular flexibility index (Phi) is 3.25. The van der Waals surface area contributed by atoms with E-state index in [0.29, 0.717) is 0 Å². The lowest BCUT2D eigenvalue weighted by atomic mass is 9.95. The average molecular weight is 200 g/mol. The Hall–Kier alpha value is -1.22. The number of hydrogen-bond acceptors (Lipinski definition) is 0. The van der Waals surface area contributed by atoms with Gasteiger partial charge in [-0.25, -0.2) is 0 Å². The maximum atomic E-state index is 3.30. The van der Waals surface area contributed by atoms with Gasteiger partial charge in [0, 0.05) is 11.0 Å². The topological polar surface area (TPSA) is 0 Å². The lowest BCUT2D eigenvalue weighted by Gasteiger charge is -2.09. The molecule has 0 atom stereocenters. The number of rotatable bonds is 0. The molecule has 0 heterocycles. The van der Waals surface area contributed by atoms with Crippen LogP contribution < -0.4 is 0 Å². The average Bonchev–Trinajstić information content (AvgIpc) is 1.99. The highest BCUT2D eigenvalue weighted by molar-refractivity contribution is 5.48. The fraction of sp³-hybridized carbons (Fsp3) is 0.467. The van der Waals surface area contributed by atoms with Crippen LogP contribution in [0.2, 0.25) is 0 Å². The molecule has 15 heavy (non-hydrogen) atoms. The number of aryl methyl sites for hydroxylation is 3. The van der Waals surface area contributed by atoms with Crippen LogP contribution in [-0.2, 0) is 0 Å². The third-order valence-corrected chi connectivity index (χ3v) is 2.24. The van der Waals surface area contributed by atoms with Crippen molar-refractivity contribution in [1.29, 1.82) is 0 Å². The van der Waals surface area contributed by atoms with Crippen LogP contribution in [0.5, 0.6) is 0 Å².